The van der Waals surface area contributed by atoms with Gasteiger partial charge in [-0.25, -0.2) is 0 Å². The van der Waals surface area contributed by atoms with Crippen molar-refractivity contribution in [1.82, 2.24) is 5.32 Å². The fraction of sp³-hybridized carbons (Fsp3) is 0.533. The van der Waals surface area contributed by atoms with E-state index < -0.39 is 0 Å². The fourth-order valence-corrected chi connectivity index (χ4v) is 1.88. The molecule has 1 aromatic carbocycles. The number of nitrogens with one attached hydrogen (secondary N) is 1. The Bertz CT molecular complexity index is 457. The molecule has 1 saturated carbocycles. The molecule has 0 unspecified atom stereocenters. The average Bonchev–Trinajstić information content (AvgIpc) is 3.27. The lowest BCUT2D eigenvalue weighted by molar-refractivity contribution is 0.0934. The Morgan fingerprint density at radius 2 is 2.25 bits per heavy atom. The molecular weight excluding hydrogens is 258 g/mol. The van der Waals surface area contributed by atoms with Gasteiger partial charge < -0.3 is 19.9 Å². The Labute approximate surface area is 118 Å². The second kappa shape index (κ2) is 7.14. The molecule has 0 atom stereocenters. The molecule has 1 fully saturated rings. The molecule has 110 valence electrons. The van der Waals surface area contributed by atoms with Crippen LogP contribution in [0.4, 0.5) is 0 Å². The molecule has 1 amide bonds. The van der Waals surface area contributed by atoms with Crippen molar-refractivity contribution in [2.75, 3.05) is 26.9 Å². The van der Waals surface area contributed by atoms with Crippen LogP contribution in [0.5, 0.6) is 11.5 Å². The third kappa shape index (κ3) is 4.13. The van der Waals surface area contributed by atoms with Gasteiger partial charge in [0.1, 0.15) is 0 Å². The van der Waals surface area contributed by atoms with Crippen LogP contribution in [0.3, 0.4) is 0 Å². The molecule has 0 spiro atoms. The molecule has 0 heterocycles. The Kier molecular flexibility index (Phi) is 5.24. The average molecular weight is 279 g/mol. The number of phenols is 1. The van der Waals surface area contributed by atoms with Crippen LogP contribution >= 0.6 is 0 Å². The molecule has 2 N–H and O–H groups in total. The number of hydrogen-bond acceptors (Lipinski definition) is 4. The molecule has 0 radical (unpaired) electrons. The molecule has 2 rings (SSSR count). The number of phenolic OH excluding ortho intramolecular Hbond substituents is 1. The second-order valence-corrected chi connectivity index (χ2v) is 4.98. The second-order valence-electron chi connectivity index (χ2n) is 4.98. The summed E-state index contributed by atoms with van der Waals surface area (Å²) in [4.78, 5) is 11.9. The molecular formula is C15H21NO4. The standard InChI is InChI=1S/C15H21NO4/c1-19-13-5-2-4-12(14(13)17)15(18)16-8-3-9-20-10-11-6-7-11/h2,4-5,11,17H,3,6-10H2,1H3,(H,16,18). The zero-order valence-corrected chi connectivity index (χ0v) is 11.7. The zero-order valence-electron chi connectivity index (χ0n) is 11.7. The van der Waals surface area contributed by atoms with E-state index in [4.69, 9.17) is 9.47 Å². The first-order chi connectivity index (χ1) is 9.72. The fourth-order valence-electron chi connectivity index (χ4n) is 1.88. The topological polar surface area (TPSA) is 67.8 Å². The number of hydrogen-bond donors (Lipinski definition) is 2. The van der Waals surface area contributed by atoms with Gasteiger partial charge in [0.05, 0.1) is 12.7 Å². The first kappa shape index (κ1) is 14.7. The van der Waals surface area contributed by atoms with Gasteiger partial charge in [0.25, 0.3) is 5.91 Å². The van der Waals surface area contributed by atoms with Crippen molar-refractivity contribution in [3.8, 4) is 11.5 Å². The lowest BCUT2D eigenvalue weighted by Crippen LogP contribution is -2.25. The highest BCUT2D eigenvalue weighted by Gasteiger charge is 2.20. The summed E-state index contributed by atoms with van der Waals surface area (Å²) in [7, 11) is 1.45. The summed E-state index contributed by atoms with van der Waals surface area (Å²) < 4.78 is 10.5. The third-order valence-corrected chi connectivity index (χ3v) is 3.27. The minimum absolute atomic E-state index is 0.127. The summed E-state index contributed by atoms with van der Waals surface area (Å²) in [6, 6.07) is 4.85. The molecule has 0 aromatic heterocycles. The van der Waals surface area contributed by atoms with E-state index in [1.54, 1.807) is 18.2 Å². The highest BCUT2D eigenvalue weighted by molar-refractivity contribution is 5.97. The first-order valence-corrected chi connectivity index (χ1v) is 6.94. The number of ether oxygens (including phenoxy) is 2. The molecule has 0 aliphatic heterocycles. The number of amides is 1. The van der Waals surface area contributed by atoms with Gasteiger partial charge in [-0.05, 0) is 37.3 Å². The van der Waals surface area contributed by atoms with E-state index in [2.05, 4.69) is 5.32 Å². The molecule has 0 saturated heterocycles. The highest BCUT2D eigenvalue weighted by Crippen LogP contribution is 2.29. The monoisotopic (exact) mass is 279 g/mol. The lowest BCUT2D eigenvalue weighted by Gasteiger charge is -2.09. The third-order valence-electron chi connectivity index (χ3n) is 3.27. The van der Waals surface area contributed by atoms with Crippen molar-refractivity contribution in [3.05, 3.63) is 23.8 Å². The van der Waals surface area contributed by atoms with Crippen molar-refractivity contribution in [2.24, 2.45) is 5.92 Å². The van der Waals surface area contributed by atoms with Crippen molar-refractivity contribution < 1.29 is 19.4 Å². The summed E-state index contributed by atoms with van der Waals surface area (Å²) in [5.74, 6) is 0.629. The van der Waals surface area contributed by atoms with Crippen LogP contribution in [0.25, 0.3) is 0 Å². The van der Waals surface area contributed by atoms with Crippen LogP contribution in [-0.2, 0) is 4.74 Å². The summed E-state index contributed by atoms with van der Waals surface area (Å²) in [5.41, 5.74) is 0.225. The number of carbonyl (C=O) groups excluding carboxylic acids is 1. The van der Waals surface area contributed by atoms with Crippen LogP contribution < -0.4 is 10.1 Å². The Hall–Kier alpha value is -1.75. The number of para-hydroxylation sites is 1. The van der Waals surface area contributed by atoms with Crippen LogP contribution in [0, 0.1) is 5.92 Å². The van der Waals surface area contributed by atoms with Crippen molar-refractivity contribution in [3.63, 3.8) is 0 Å². The Balaban J connectivity index is 1.70. The SMILES string of the molecule is COc1cccc(C(=O)NCCCOCC2CC2)c1O. The molecule has 5 nitrogen and oxygen atoms in total. The molecule has 1 aliphatic carbocycles. The Morgan fingerprint density at radius 1 is 1.45 bits per heavy atom. The van der Waals surface area contributed by atoms with Crippen molar-refractivity contribution >= 4 is 5.91 Å². The van der Waals surface area contributed by atoms with E-state index >= 15 is 0 Å². The summed E-state index contributed by atoms with van der Waals surface area (Å²) in [6.07, 6.45) is 3.33. The van der Waals surface area contributed by atoms with Crippen LogP contribution in [0.2, 0.25) is 0 Å². The van der Waals surface area contributed by atoms with E-state index in [0.717, 1.165) is 18.9 Å². The lowest BCUT2D eigenvalue weighted by atomic mass is 10.1. The van der Waals surface area contributed by atoms with E-state index in [1.807, 2.05) is 0 Å². The predicted molar refractivity (Wildman–Crippen MR) is 75.2 cm³/mol. The molecule has 1 aromatic rings. The molecule has 0 bridgehead atoms. The van der Waals surface area contributed by atoms with E-state index in [-0.39, 0.29) is 17.2 Å². The molecule has 1 aliphatic rings. The normalized spacial score (nSPS) is 14.1. The smallest absolute Gasteiger partial charge is 0.255 e. The van der Waals surface area contributed by atoms with Crippen molar-refractivity contribution in [1.29, 1.82) is 0 Å². The minimum atomic E-state index is -0.302. The van der Waals surface area contributed by atoms with Gasteiger partial charge in [0.15, 0.2) is 11.5 Å². The largest absolute Gasteiger partial charge is 0.504 e. The van der Waals surface area contributed by atoms with E-state index in [9.17, 15) is 9.90 Å². The maximum Gasteiger partial charge on any atom is 0.255 e. The summed E-state index contributed by atoms with van der Waals surface area (Å²) in [6.45, 7) is 2.02. The van der Waals surface area contributed by atoms with Gasteiger partial charge in [-0.3, -0.25) is 4.79 Å². The summed E-state index contributed by atoms with van der Waals surface area (Å²) in [5, 5.41) is 12.6. The van der Waals surface area contributed by atoms with Crippen LogP contribution in [-0.4, -0.2) is 37.9 Å². The first-order valence-electron chi connectivity index (χ1n) is 6.94. The van der Waals surface area contributed by atoms with Gasteiger partial charge in [-0.2, -0.15) is 0 Å². The van der Waals surface area contributed by atoms with Gasteiger partial charge in [0.2, 0.25) is 0 Å². The number of rotatable bonds is 8. The zero-order chi connectivity index (χ0) is 14.4. The van der Waals surface area contributed by atoms with Gasteiger partial charge >= 0.3 is 0 Å². The van der Waals surface area contributed by atoms with Crippen molar-refractivity contribution in [2.45, 2.75) is 19.3 Å². The minimum Gasteiger partial charge on any atom is -0.504 e. The van der Waals surface area contributed by atoms with Crippen LogP contribution in [0.1, 0.15) is 29.6 Å². The number of aromatic hydroxyl groups is 1. The number of carbonyl (C=O) groups is 1. The molecule has 5 heteroatoms. The Morgan fingerprint density at radius 3 is 2.95 bits per heavy atom. The van der Waals surface area contributed by atoms with Gasteiger partial charge in [-0.1, -0.05) is 6.07 Å². The van der Waals surface area contributed by atoms with E-state index in [0.29, 0.717) is 18.9 Å². The van der Waals surface area contributed by atoms with Gasteiger partial charge in [-0.15, -0.1) is 0 Å². The molecule has 20 heavy (non-hydrogen) atoms. The maximum atomic E-state index is 11.9. The number of benzene rings is 1. The quantitative estimate of drug-likeness (QED) is 0.714. The number of methoxy groups -OCH3 is 1. The summed E-state index contributed by atoms with van der Waals surface area (Å²) >= 11 is 0. The van der Waals surface area contributed by atoms with E-state index in [1.165, 1.54) is 20.0 Å². The van der Waals surface area contributed by atoms with Gasteiger partial charge in [0, 0.05) is 19.8 Å². The maximum absolute atomic E-state index is 11.9. The predicted octanol–water partition coefficient (Wildman–Crippen LogP) is 1.95. The highest BCUT2D eigenvalue weighted by atomic mass is 16.5. The van der Waals surface area contributed by atoms with Crippen LogP contribution in [0.15, 0.2) is 18.2 Å².